The second-order valence-electron chi connectivity index (χ2n) is 12.5. The minimum Gasteiger partial charge on any atom is -0.456 e. The summed E-state index contributed by atoms with van der Waals surface area (Å²) < 4.78 is 8.97. The van der Waals surface area contributed by atoms with Crippen molar-refractivity contribution in [3.63, 3.8) is 0 Å². The predicted molar refractivity (Wildman–Crippen MR) is 210 cm³/mol. The van der Waals surface area contributed by atoms with E-state index >= 15 is 0 Å². The molecule has 2 nitrogen and oxygen atoms in total. The minimum atomic E-state index is 0.879. The highest BCUT2D eigenvalue weighted by Crippen LogP contribution is 2.47. The molecular weight excluding hydrogens is 615 g/mol. The van der Waals surface area contributed by atoms with Gasteiger partial charge >= 0.3 is 0 Å². The number of benzene rings is 8. The van der Waals surface area contributed by atoms with E-state index in [1.807, 2.05) is 23.5 Å². The van der Waals surface area contributed by atoms with Crippen molar-refractivity contribution in [3.05, 3.63) is 176 Å². The number of thiophene rings is 1. The standard InChI is InChI=1S/C46H29NOS/c1-2-13-31(14-3-1)45-35-17-5-4-12-30(35)24-26-36(45)32-15-10-16-33(28-32)47(34-25-27-38-37-18-6-8-22-42(37)48-43(38)29-34)41-21-11-20-40-39-19-7-9-23-44(39)49-46(40)41/h1-29H. The predicted octanol–water partition coefficient (Wildman–Crippen LogP) is 13.9. The van der Waals surface area contributed by atoms with E-state index in [1.165, 1.54) is 53.2 Å². The van der Waals surface area contributed by atoms with Gasteiger partial charge in [-0.3, -0.25) is 0 Å². The molecule has 0 saturated carbocycles. The van der Waals surface area contributed by atoms with Crippen molar-refractivity contribution in [3.8, 4) is 22.3 Å². The van der Waals surface area contributed by atoms with E-state index in [-0.39, 0.29) is 0 Å². The monoisotopic (exact) mass is 643 g/mol. The molecule has 0 radical (unpaired) electrons. The average molecular weight is 644 g/mol. The highest BCUT2D eigenvalue weighted by Gasteiger charge is 2.21. The molecule has 0 aliphatic heterocycles. The van der Waals surface area contributed by atoms with Crippen molar-refractivity contribution in [1.82, 2.24) is 0 Å². The van der Waals surface area contributed by atoms with E-state index in [0.717, 1.165) is 39.0 Å². The molecule has 49 heavy (non-hydrogen) atoms. The maximum Gasteiger partial charge on any atom is 0.137 e. The van der Waals surface area contributed by atoms with Crippen LogP contribution in [0.5, 0.6) is 0 Å². The van der Waals surface area contributed by atoms with Gasteiger partial charge in [-0.15, -0.1) is 11.3 Å². The van der Waals surface area contributed by atoms with Gasteiger partial charge in [0.25, 0.3) is 0 Å². The van der Waals surface area contributed by atoms with Gasteiger partial charge < -0.3 is 9.32 Å². The number of anilines is 3. The maximum absolute atomic E-state index is 6.43. The van der Waals surface area contributed by atoms with E-state index in [9.17, 15) is 0 Å². The van der Waals surface area contributed by atoms with Crippen LogP contribution in [0, 0.1) is 0 Å². The van der Waals surface area contributed by atoms with Gasteiger partial charge in [-0.25, -0.2) is 0 Å². The van der Waals surface area contributed by atoms with E-state index in [4.69, 9.17) is 4.42 Å². The molecule has 0 aliphatic carbocycles. The normalized spacial score (nSPS) is 11.7. The quantitative estimate of drug-likeness (QED) is 0.186. The van der Waals surface area contributed by atoms with E-state index in [1.54, 1.807) is 0 Å². The summed E-state index contributed by atoms with van der Waals surface area (Å²) in [5.74, 6) is 0. The third-order valence-corrected chi connectivity index (χ3v) is 10.9. The first-order valence-electron chi connectivity index (χ1n) is 16.6. The molecule has 0 N–H and O–H groups in total. The molecular formula is C46H29NOS. The SMILES string of the molecule is c1ccc(-c2c(-c3cccc(N(c4ccc5c(c4)oc4ccccc45)c4cccc5c4sc4ccccc45)c3)ccc3ccccc23)cc1. The van der Waals surface area contributed by atoms with Gasteiger partial charge in [0.15, 0.2) is 0 Å². The molecule has 8 aromatic carbocycles. The first kappa shape index (κ1) is 27.9. The highest BCUT2D eigenvalue weighted by atomic mass is 32.1. The minimum absolute atomic E-state index is 0.879. The smallest absolute Gasteiger partial charge is 0.137 e. The van der Waals surface area contributed by atoms with Crippen LogP contribution in [0.2, 0.25) is 0 Å². The lowest BCUT2D eigenvalue weighted by Crippen LogP contribution is -2.10. The molecule has 0 fully saturated rings. The van der Waals surface area contributed by atoms with Crippen molar-refractivity contribution >= 4 is 81.3 Å². The molecule has 10 aromatic rings. The van der Waals surface area contributed by atoms with Crippen LogP contribution in [-0.4, -0.2) is 0 Å². The zero-order valence-corrected chi connectivity index (χ0v) is 27.3. The molecule has 0 atom stereocenters. The van der Waals surface area contributed by atoms with Crippen LogP contribution in [0.25, 0.3) is 75.1 Å². The van der Waals surface area contributed by atoms with Crippen LogP contribution < -0.4 is 4.90 Å². The van der Waals surface area contributed by atoms with Crippen LogP contribution in [0.15, 0.2) is 180 Å². The molecule has 0 saturated heterocycles. The average Bonchev–Trinajstić information content (AvgIpc) is 3.74. The largest absolute Gasteiger partial charge is 0.456 e. The summed E-state index contributed by atoms with van der Waals surface area (Å²) in [6.45, 7) is 0. The number of furan rings is 1. The Balaban J connectivity index is 1.22. The third kappa shape index (κ3) is 4.55. The fraction of sp³-hybridized carbons (Fsp3) is 0. The van der Waals surface area contributed by atoms with E-state index in [0.29, 0.717) is 0 Å². The zero-order chi connectivity index (χ0) is 32.3. The topological polar surface area (TPSA) is 16.4 Å². The molecule has 10 rings (SSSR count). The van der Waals surface area contributed by atoms with Crippen LogP contribution >= 0.6 is 11.3 Å². The number of nitrogens with zero attached hydrogens (tertiary/aromatic N) is 1. The second kappa shape index (κ2) is 11.2. The first-order chi connectivity index (χ1) is 24.3. The zero-order valence-electron chi connectivity index (χ0n) is 26.5. The van der Waals surface area contributed by atoms with Crippen molar-refractivity contribution in [2.45, 2.75) is 0 Å². The van der Waals surface area contributed by atoms with Gasteiger partial charge in [-0.2, -0.15) is 0 Å². The number of hydrogen-bond acceptors (Lipinski definition) is 3. The van der Waals surface area contributed by atoms with Crippen molar-refractivity contribution < 1.29 is 4.42 Å². The Kier molecular flexibility index (Phi) is 6.39. The molecule has 0 unspecified atom stereocenters. The number of fused-ring (bicyclic) bond motifs is 7. The molecule has 0 spiro atoms. The number of hydrogen-bond donors (Lipinski definition) is 0. The summed E-state index contributed by atoms with van der Waals surface area (Å²) in [6.07, 6.45) is 0. The van der Waals surface area contributed by atoms with Gasteiger partial charge in [-0.05, 0) is 75.5 Å². The fourth-order valence-electron chi connectivity index (χ4n) is 7.43. The lowest BCUT2D eigenvalue weighted by molar-refractivity contribution is 0.669. The van der Waals surface area contributed by atoms with Crippen LogP contribution in [0.1, 0.15) is 0 Å². The Morgan fingerprint density at radius 2 is 1.12 bits per heavy atom. The summed E-state index contributed by atoms with van der Waals surface area (Å²) in [4.78, 5) is 2.40. The summed E-state index contributed by atoms with van der Waals surface area (Å²) in [6, 6.07) is 63.3. The molecule has 0 aliphatic rings. The first-order valence-corrected chi connectivity index (χ1v) is 17.4. The van der Waals surface area contributed by atoms with Crippen LogP contribution in [0.3, 0.4) is 0 Å². The Hall–Kier alpha value is -6.16. The lowest BCUT2D eigenvalue weighted by Gasteiger charge is -2.27. The van der Waals surface area contributed by atoms with Crippen LogP contribution in [-0.2, 0) is 0 Å². The molecule has 0 amide bonds. The molecule has 0 bridgehead atoms. The van der Waals surface area contributed by atoms with Gasteiger partial charge in [0.1, 0.15) is 11.2 Å². The Bertz CT molecular complexity index is 2840. The summed E-state index contributed by atoms with van der Waals surface area (Å²) in [7, 11) is 0. The van der Waals surface area contributed by atoms with Gasteiger partial charge in [0.2, 0.25) is 0 Å². The lowest BCUT2D eigenvalue weighted by atomic mass is 9.89. The third-order valence-electron chi connectivity index (χ3n) is 9.65. The maximum atomic E-state index is 6.43. The molecule has 230 valence electrons. The van der Waals surface area contributed by atoms with Gasteiger partial charge in [0, 0.05) is 43.7 Å². The van der Waals surface area contributed by atoms with E-state index < -0.39 is 0 Å². The van der Waals surface area contributed by atoms with Crippen LogP contribution in [0.4, 0.5) is 17.1 Å². The van der Waals surface area contributed by atoms with Crippen molar-refractivity contribution in [2.24, 2.45) is 0 Å². The van der Waals surface area contributed by atoms with Crippen molar-refractivity contribution in [1.29, 1.82) is 0 Å². The Labute approximate surface area is 287 Å². The Morgan fingerprint density at radius 3 is 2.04 bits per heavy atom. The number of para-hydroxylation sites is 1. The highest BCUT2D eigenvalue weighted by molar-refractivity contribution is 7.26. The van der Waals surface area contributed by atoms with Gasteiger partial charge in [0.05, 0.1) is 10.4 Å². The Morgan fingerprint density at radius 1 is 0.429 bits per heavy atom. The summed E-state index contributed by atoms with van der Waals surface area (Å²) in [5.41, 5.74) is 9.90. The summed E-state index contributed by atoms with van der Waals surface area (Å²) >= 11 is 1.85. The summed E-state index contributed by atoms with van der Waals surface area (Å²) in [5, 5.41) is 7.29. The second-order valence-corrected chi connectivity index (χ2v) is 13.5. The van der Waals surface area contributed by atoms with E-state index in [2.05, 4.69) is 169 Å². The molecule has 2 aromatic heterocycles. The molecule has 3 heteroatoms. The molecule has 2 heterocycles. The van der Waals surface area contributed by atoms with Gasteiger partial charge in [-0.1, -0.05) is 127 Å². The number of rotatable bonds is 5. The van der Waals surface area contributed by atoms with Crippen molar-refractivity contribution in [2.75, 3.05) is 4.90 Å². The fourth-order valence-corrected chi connectivity index (χ4v) is 8.64.